The van der Waals surface area contributed by atoms with Crippen LogP contribution in [0.3, 0.4) is 0 Å². The van der Waals surface area contributed by atoms with Gasteiger partial charge in [0.2, 0.25) is 0 Å². The molecule has 94 valence electrons. The zero-order valence-electron chi connectivity index (χ0n) is 12.3. The van der Waals surface area contributed by atoms with Gasteiger partial charge < -0.3 is 0 Å². The summed E-state index contributed by atoms with van der Waals surface area (Å²) < 4.78 is 0. The third kappa shape index (κ3) is 11.9. The van der Waals surface area contributed by atoms with Gasteiger partial charge in [0.15, 0.2) is 0 Å². The van der Waals surface area contributed by atoms with Gasteiger partial charge in [-0.2, -0.15) is 0 Å². The zero-order chi connectivity index (χ0) is 12.3. The molecule has 0 radical (unpaired) electrons. The highest BCUT2D eigenvalue weighted by Gasteiger charge is 2.10. The van der Waals surface area contributed by atoms with Gasteiger partial charge >= 0.3 is 0 Å². The summed E-state index contributed by atoms with van der Waals surface area (Å²) in [4.78, 5) is 0. The van der Waals surface area contributed by atoms with E-state index in [0.29, 0.717) is 0 Å². The first-order valence-corrected chi connectivity index (χ1v) is 7.03. The highest BCUT2D eigenvalue weighted by atomic mass is 14.2. The van der Waals surface area contributed by atoms with E-state index in [-0.39, 0.29) is 0 Å². The zero-order valence-corrected chi connectivity index (χ0v) is 12.3. The second-order valence-electron chi connectivity index (χ2n) is 5.16. The standard InChI is InChI=1S/C12H26.C3H8/c1-6-10(3)8-9-12(5)11(4)7-2;1-3-2/h10-12H,6-9H2,1-5H3;3H2,1-2H3. The van der Waals surface area contributed by atoms with Crippen LogP contribution in [0.25, 0.3) is 0 Å². The quantitative estimate of drug-likeness (QED) is 0.515. The van der Waals surface area contributed by atoms with Crippen LogP contribution in [0.15, 0.2) is 0 Å². The molecule has 0 aromatic heterocycles. The Morgan fingerprint density at radius 1 is 0.667 bits per heavy atom. The van der Waals surface area contributed by atoms with Crippen molar-refractivity contribution in [3.05, 3.63) is 0 Å². The summed E-state index contributed by atoms with van der Waals surface area (Å²) in [5, 5.41) is 0. The molecule has 0 spiro atoms. The lowest BCUT2D eigenvalue weighted by atomic mass is 9.87. The Kier molecular flexibility index (Phi) is 14.0. The minimum Gasteiger partial charge on any atom is -0.0656 e. The Hall–Kier alpha value is 0. The molecule has 0 bridgehead atoms. The maximum Gasteiger partial charge on any atom is -0.0417 e. The third-order valence-corrected chi connectivity index (χ3v) is 3.43. The molecule has 0 aliphatic rings. The van der Waals surface area contributed by atoms with Gasteiger partial charge in [-0.15, -0.1) is 0 Å². The average Bonchev–Trinajstić information content (AvgIpc) is 2.25. The molecule has 0 saturated heterocycles. The normalized spacial score (nSPS) is 16.2. The van der Waals surface area contributed by atoms with Crippen LogP contribution in [0.2, 0.25) is 0 Å². The topological polar surface area (TPSA) is 0 Å². The highest BCUT2D eigenvalue weighted by Crippen LogP contribution is 2.22. The maximum atomic E-state index is 2.40. The molecule has 0 heterocycles. The molecule has 0 aliphatic carbocycles. The SMILES string of the molecule is CCC.CCC(C)CCC(C)C(C)CC. The molecule has 0 aromatic rings. The molecule has 0 rings (SSSR count). The van der Waals surface area contributed by atoms with Crippen LogP contribution in [0.5, 0.6) is 0 Å². The molecule has 3 unspecified atom stereocenters. The molecule has 0 amide bonds. The maximum absolute atomic E-state index is 2.40. The molecular weight excluding hydrogens is 180 g/mol. The first kappa shape index (κ1) is 17.4. The number of hydrogen-bond acceptors (Lipinski definition) is 0. The van der Waals surface area contributed by atoms with Crippen molar-refractivity contribution in [3.63, 3.8) is 0 Å². The summed E-state index contributed by atoms with van der Waals surface area (Å²) in [6.45, 7) is 16.0. The van der Waals surface area contributed by atoms with Crippen LogP contribution in [0.4, 0.5) is 0 Å². The van der Waals surface area contributed by atoms with Crippen molar-refractivity contribution >= 4 is 0 Å². The van der Waals surface area contributed by atoms with Crippen LogP contribution in [-0.4, -0.2) is 0 Å². The fourth-order valence-electron chi connectivity index (χ4n) is 1.44. The molecule has 0 saturated carbocycles. The number of rotatable bonds is 6. The lowest BCUT2D eigenvalue weighted by Gasteiger charge is -2.19. The van der Waals surface area contributed by atoms with Gasteiger partial charge in [-0.3, -0.25) is 0 Å². The largest absolute Gasteiger partial charge is 0.0656 e. The van der Waals surface area contributed by atoms with E-state index in [1.807, 2.05) is 0 Å². The molecule has 0 nitrogen and oxygen atoms in total. The van der Waals surface area contributed by atoms with E-state index in [1.54, 1.807) is 0 Å². The van der Waals surface area contributed by atoms with Crippen molar-refractivity contribution in [1.29, 1.82) is 0 Å². The number of hydrogen-bond donors (Lipinski definition) is 0. The summed E-state index contributed by atoms with van der Waals surface area (Å²) in [5.74, 6) is 2.76. The Labute approximate surface area is 98.9 Å². The Morgan fingerprint density at radius 2 is 1.13 bits per heavy atom. The molecule has 0 aromatic carbocycles. The van der Waals surface area contributed by atoms with Crippen molar-refractivity contribution in [1.82, 2.24) is 0 Å². The van der Waals surface area contributed by atoms with E-state index < -0.39 is 0 Å². The van der Waals surface area contributed by atoms with Crippen LogP contribution in [-0.2, 0) is 0 Å². The fourth-order valence-corrected chi connectivity index (χ4v) is 1.44. The van der Waals surface area contributed by atoms with Crippen molar-refractivity contribution < 1.29 is 0 Å². The van der Waals surface area contributed by atoms with Crippen molar-refractivity contribution in [3.8, 4) is 0 Å². The van der Waals surface area contributed by atoms with Gasteiger partial charge in [0.1, 0.15) is 0 Å². The highest BCUT2D eigenvalue weighted by molar-refractivity contribution is 4.62. The third-order valence-electron chi connectivity index (χ3n) is 3.43. The minimum atomic E-state index is 0.911. The molecule has 0 aliphatic heterocycles. The minimum absolute atomic E-state index is 0.911. The molecule has 0 N–H and O–H groups in total. The van der Waals surface area contributed by atoms with E-state index >= 15 is 0 Å². The average molecular weight is 214 g/mol. The second kappa shape index (κ2) is 12.1. The van der Waals surface area contributed by atoms with Crippen LogP contribution < -0.4 is 0 Å². The molecule has 0 fully saturated rings. The van der Waals surface area contributed by atoms with E-state index in [1.165, 1.54) is 32.1 Å². The van der Waals surface area contributed by atoms with Gasteiger partial charge in [-0.25, -0.2) is 0 Å². The van der Waals surface area contributed by atoms with Gasteiger partial charge in [-0.05, 0) is 17.8 Å². The van der Waals surface area contributed by atoms with E-state index in [4.69, 9.17) is 0 Å². The summed E-state index contributed by atoms with van der Waals surface area (Å²) in [7, 11) is 0. The van der Waals surface area contributed by atoms with Crippen molar-refractivity contribution in [2.45, 2.75) is 80.6 Å². The van der Waals surface area contributed by atoms with E-state index in [0.717, 1.165) is 17.8 Å². The summed E-state index contributed by atoms with van der Waals surface area (Å²) in [6, 6.07) is 0. The second-order valence-corrected chi connectivity index (χ2v) is 5.16. The van der Waals surface area contributed by atoms with Crippen LogP contribution in [0, 0.1) is 17.8 Å². The Bertz CT molecular complexity index is 107. The van der Waals surface area contributed by atoms with Gasteiger partial charge in [0.25, 0.3) is 0 Å². The van der Waals surface area contributed by atoms with Gasteiger partial charge in [-0.1, -0.05) is 80.6 Å². The first-order chi connectivity index (χ1) is 7.03. The Morgan fingerprint density at radius 3 is 1.47 bits per heavy atom. The predicted molar refractivity (Wildman–Crippen MR) is 73.3 cm³/mol. The molecule has 15 heavy (non-hydrogen) atoms. The summed E-state index contributed by atoms with van der Waals surface area (Å²) in [6.07, 6.45) is 6.76. The van der Waals surface area contributed by atoms with Crippen molar-refractivity contribution in [2.24, 2.45) is 17.8 Å². The predicted octanol–water partition coefficient (Wildman–Crippen LogP) is 5.91. The lowest BCUT2D eigenvalue weighted by molar-refractivity contribution is 0.322. The smallest absolute Gasteiger partial charge is 0.0417 e. The fraction of sp³-hybridized carbons (Fsp3) is 1.00. The van der Waals surface area contributed by atoms with E-state index in [2.05, 4.69) is 48.5 Å². The van der Waals surface area contributed by atoms with Gasteiger partial charge in [0.05, 0.1) is 0 Å². The molecular formula is C15H34. The summed E-state index contributed by atoms with van der Waals surface area (Å²) >= 11 is 0. The first-order valence-electron chi connectivity index (χ1n) is 7.03. The monoisotopic (exact) mass is 214 g/mol. The van der Waals surface area contributed by atoms with E-state index in [9.17, 15) is 0 Å². The Balaban J connectivity index is 0. The molecule has 3 atom stereocenters. The van der Waals surface area contributed by atoms with Crippen LogP contribution >= 0.6 is 0 Å². The van der Waals surface area contributed by atoms with Gasteiger partial charge in [0, 0.05) is 0 Å². The lowest BCUT2D eigenvalue weighted by Crippen LogP contribution is -2.08. The van der Waals surface area contributed by atoms with Crippen molar-refractivity contribution in [2.75, 3.05) is 0 Å². The van der Waals surface area contributed by atoms with Crippen LogP contribution in [0.1, 0.15) is 80.6 Å². The molecule has 0 heteroatoms. The summed E-state index contributed by atoms with van der Waals surface area (Å²) in [5.41, 5.74) is 0.